The highest BCUT2D eigenvalue weighted by atomic mass is 16.5. The molecule has 0 bridgehead atoms. The fraction of sp³-hybridized carbons (Fsp3) is 0.341. The lowest BCUT2D eigenvalue weighted by Gasteiger charge is -2.29. The first kappa shape index (κ1) is 37.8. The Labute approximate surface area is 323 Å². The molecule has 0 saturated carbocycles. The van der Waals surface area contributed by atoms with Crippen LogP contribution >= 0.6 is 0 Å². The van der Waals surface area contributed by atoms with E-state index in [2.05, 4.69) is 65.6 Å². The summed E-state index contributed by atoms with van der Waals surface area (Å²) in [5.41, 5.74) is 5.56. The van der Waals surface area contributed by atoms with Gasteiger partial charge in [-0.3, -0.25) is 14.4 Å². The van der Waals surface area contributed by atoms with Crippen molar-refractivity contribution < 1.29 is 33.4 Å². The minimum absolute atomic E-state index is 0.0555. The highest BCUT2D eigenvalue weighted by molar-refractivity contribution is 5.94. The number of carbonyl (C=O) groups is 5. The smallest absolute Gasteiger partial charge is 0.407 e. The summed E-state index contributed by atoms with van der Waals surface area (Å²) < 4.78 is 9.29. The van der Waals surface area contributed by atoms with Crippen LogP contribution in [0.4, 0.5) is 9.59 Å². The number of carbonyl (C=O) groups excluding carboxylic acids is 5. The first-order valence-electron chi connectivity index (χ1n) is 18.6. The van der Waals surface area contributed by atoms with Crippen molar-refractivity contribution in [3.05, 3.63) is 84.7 Å². The van der Waals surface area contributed by atoms with E-state index in [9.17, 15) is 24.0 Å². The number of amides is 4. The molecular weight excluding hydrogens is 716 g/mol. The molecule has 56 heavy (non-hydrogen) atoms. The van der Waals surface area contributed by atoms with E-state index < -0.39 is 24.3 Å². The Morgan fingerprint density at radius 3 is 2.04 bits per heavy atom. The maximum atomic E-state index is 13.5. The molecule has 2 saturated heterocycles. The van der Waals surface area contributed by atoms with Crippen LogP contribution < -0.4 is 10.6 Å². The largest absolute Gasteiger partial charge is 0.453 e. The molecule has 0 unspecified atom stereocenters. The molecular formula is C41H44N8O7. The van der Waals surface area contributed by atoms with Gasteiger partial charge in [0.1, 0.15) is 24.2 Å². The number of methoxy groups -OCH3 is 2. The summed E-state index contributed by atoms with van der Waals surface area (Å²) in [4.78, 5) is 81.4. The van der Waals surface area contributed by atoms with E-state index in [0.29, 0.717) is 18.2 Å². The van der Waals surface area contributed by atoms with Crippen molar-refractivity contribution in [2.24, 2.45) is 5.92 Å². The van der Waals surface area contributed by atoms with E-state index in [1.807, 2.05) is 44.2 Å². The topological polar surface area (TPSA) is 192 Å². The van der Waals surface area contributed by atoms with Crippen LogP contribution in [0.2, 0.25) is 0 Å². The fourth-order valence-electron chi connectivity index (χ4n) is 7.46. The number of H-pyrrole nitrogens is 2. The van der Waals surface area contributed by atoms with Crippen LogP contribution in [-0.2, 0) is 23.9 Å². The Kier molecular flexibility index (Phi) is 10.8. The first-order chi connectivity index (χ1) is 27.0. The third-order valence-corrected chi connectivity index (χ3v) is 10.5. The lowest BCUT2D eigenvalue weighted by atomic mass is 9.98. The molecule has 5 aromatic rings. The van der Waals surface area contributed by atoms with Crippen LogP contribution in [0.5, 0.6) is 0 Å². The van der Waals surface area contributed by atoms with Gasteiger partial charge in [0.15, 0.2) is 5.78 Å². The number of alkyl carbamates (subject to hydrolysis) is 2. The van der Waals surface area contributed by atoms with Crippen LogP contribution in [0.15, 0.2) is 73.1 Å². The van der Waals surface area contributed by atoms with Gasteiger partial charge in [0.25, 0.3) is 0 Å². The van der Waals surface area contributed by atoms with Gasteiger partial charge >= 0.3 is 12.2 Å². The molecule has 2 aromatic heterocycles. The maximum absolute atomic E-state index is 13.5. The van der Waals surface area contributed by atoms with Crippen molar-refractivity contribution in [2.75, 3.05) is 33.9 Å². The maximum Gasteiger partial charge on any atom is 0.407 e. The number of fused-ring (bicyclic) bond motifs is 1. The van der Waals surface area contributed by atoms with Crippen molar-refractivity contribution in [1.82, 2.24) is 40.4 Å². The van der Waals surface area contributed by atoms with Gasteiger partial charge in [0, 0.05) is 18.5 Å². The monoisotopic (exact) mass is 760 g/mol. The zero-order chi connectivity index (χ0) is 39.5. The first-order valence-corrected chi connectivity index (χ1v) is 18.6. The van der Waals surface area contributed by atoms with Crippen LogP contribution in [0.1, 0.15) is 56.8 Å². The van der Waals surface area contributed by atoms with Crippen molar-refractivity contribution in [3.63, 3.8) is 0 Å². The van der Waals surface area contributed by atoms with Gasteiger partial charge in [-0.2, -0.15) is 0 Å². The average Bonchev–Trinajstić information content (AvgIpc) is 4.05. The zero-order valence-electron chi connectivity index (χ0n) is 31.6. The molecule has 0 spiro atoms. The number of aromatic nitrogens is 4. The molecule has 290 valence electrons. The lowest BCUT2D eigenvalue weighted by Crippen LogP contribution is -2.51. The van der Waals surface area contributed by atoms with Gasteiger partial charge in [-0.25, -0.2) is 19.6 Å². The fourth-order valence-corrected chi connectivity index (χ4v) is 7.46. The molecule has 0 radical (unpaired) electrons. The second kappa shape index (κ2) is 16.1. The minimum atomic E-state index is -0.849. The summed E-state index contributed by atoms with van der Waals surface area (Å²) in [6.07, 6.45) is 3.90. The molecule has 15 nitrogen and oxygen atoms in total. The summed E-state index contributed by atoms with van der Waals surface area (Å²) in [5.74, 6) is 0.367. The normalized spacial score (nSPS) is 17.3. The number of rotatable bonds is 10. The number of aromatic amines is 2. The van der Waals surface area contributed by atoms with E-state index >= 15 is 0 Å². The Hall–Kier alpha value is -6.51. The quantitative estimate of drug-likeness (QED) is 0.142. The van der Waals surface area contributed by atoms with Gasteiger partial charge in [-0.05, 0) is 58.4 Å². The lowest BCUT2D eigenvalue weighted by molar-refractivity contribution is -0.136. The number of nitrogens with zero attached hydrogens (tertiary/aromatic N) is 4. The number of hydrogen-bond acceptors (Lipinski definition) is 9. The summed E-state index contributed by atoms with van der Waals surface area (Å²) in [6.45, 7) is 4.05. The number of benzene rings is 3. The second-order valence-corrected chi connectivity index (χ2v) is 14.4. The molecule has 3 atom stereocenters. The standard InChI is InChI=1S/C41H44N8O7/c1-23(2)36(47-41(54)56-4)39(52)49-22-30(50)18-34(49)38-43-19-31(45-38)25-9-7-24(8-10-25)26-11-12-28-17-29(14-13-27(28)16-26)32-20-42-37(46-32)33-6-5-15-48(33)35(51)21-44-40(53)55-3/h7-14,16-17,19-20,23,33-34,36H,5-6,15,18,21-22H2,1-4H3,(H,42,46)(H,43,45)(H,44,53)(H,47,54)/t33-,34-,36-/m0/s1. The predicted octanol–water partition coefficient (Wildman–Crippen LogP) is 5.53. The Morgan fingerprint density at radius 2 is 1.38 bits per heavy atom. The molecule has 7 rings (SSSR count). The Morgan fingerprint density at radius 1 is 0.786 bits per heavy atom. The average molecular weight is 761 g/mol. The highest BCUT2D eigenvalue weighted by Gasteiger charge is 2.41. The number of ketones is 1. The number of imidazole rings is 2. The Bertz CT molecular complexity index is 2280. The molecule has 2 aliphatic heterocycles. The van der Waals surface area contributed by atoms with Gasteiger partial charge in [0.2, 0.25) is 11.8 Å². The minimum Gasteiger partial charge on any atom is -0.453 e. The van der Waals surface area contributed by atoms with Gasteiger partial charge < -0.3 is 39.9 Å². The van der Waals surface area contributed by atoms with Crippen LogP contribution in [0, 0.1) is 5.92 Å². The van der Waals surface area contributed by atoms with Gasteiger partial charge in [-0.15, -0.1) is 0 Å². The third kappa shape index (κ3) is 7.83. The van der Waals surface area contributed by atoms with Crippen LogP contribution in [0.25, 0.3) is 44.4 Å². The molecule has 0 aliphatic carbocycles. The highest BCUT2D eigenvalue weighted by Crippen LogP contribution is 2.34. The summed E-state index contributed by atoms with van der Waals surface area (Å²) >= 11 is 0. The predicted molar refractivity (Wildman–Crippen MR) is 207 cm³/mol. The SMILES string of the molecule is COC(=O)NCC(=O)N1CCC[C@H]1c1ncc(-c2ccc3cc(-c4ccc(-c5cnc([C@@H]6CC(=O)CN6C(=O)[C@@H](NC(=O)OC)C(C)C)[nH]5)cc4)ccc3c2)[nH]1. The molecule has 2 aliphatic rings. The van der Waals surface area contributed by atoms with E-state index in [0.717, 1.165) is 57.3 Å². The van der Waals surface area contributed by atoms with Gasteiger partial charge in [0.05, 0.1) is 56.6 Å². The molecule has 3 aromatic carbocycles. The number of hydrogen-bond donors (Lipinski definition) is 4. The number of nitrogens with one attached hydrogen (secondary N) is 4. The molecule has 2 fully saturated rings. The number of likely N-dealkylation sites (tertiary alicyclic amines) is 2. The molecule has 4 amide bonds. The van der Waals surface area contributed by atoms with E-state index in [1.54, 1.807) is 17.3 Å². The van der Waals surface area contributed by atoms with E-state index in [1.165, 1.54) is 19.1 Å². The van der Waals surface area contributed by atoms with Crippen molar-refractivity contribution in [2.45, 2.75) is 51.2 Å². The van der Waals surface area contributed by atoms with E-state index in [-0.39, 0.29) is 49.1 Å². The second-order valence-electron chi connectivity index (χ2n) is 14.4. The third-order valence-electron chi connectivity index (χ3n) is 10.5. The zero-order valence-corrected chi connectivity index (χ0v) is 31.6. The summed E-state index contributed by atoms with van der Waals surface area (Å²) in [6, 6.07) is 19.0. The molecule has 4 N–H and O–H groups in total. The van der Waals surface area contributed by atoms with E-state index in [4.69, 9.17) is 4.74 Å². The van der Waals surface area contributed by atoms with Crippen molar-refractivity contribution in [3.8, 4) is 33.6 Å². The molecule has 4 heterocycles. The number of Topliss-reactive ketones (excluding diaryl/α,β-unsaturated/α-hetero) is 1. The van der Waals surface area contributed by atoms with Crippen molar-refractivity contribution >= 4 is 40.6 Å². The van der Waals surface area contributed by atoms with Crippen LogP contribution in [-0.4, -0.2) is 99.4 Å². The number of ether oxygens (including phenoxy) is 2. The molecule has 15 heteroatoms. The Balaban J connectivity index is 1.03. The summed E-state index contributed by atoms with van der Waals surface area (Å²) in [5, 5.41) is 7.20. The van der Waals surface area contributed by atoms with Crippen molar-refractivity contribution in [1.29, 1.82) is 0 Å². The van der Waals surface area contributed by atoms with Crippen LogP contribution in [0.3, 0.4) is 0 Å². The van der Waals surface area contributed by atoms with Gasteiger partial charge in [-0.1, -0.05) is 62.4 Å². The summed E-state index contributed by atoms with van der Waals surface area (Å²) in [7, 11) is 2.50.